The Balaban J connectivity index is 1.17. The van der Waals surface area contributed by atoms with Gasteiger partial charge >= 0.3 is 0 Å². The molecule has 11 heteroatoms. The predicted molar refractivity (Wildman–Crippen MR) is 146 cm³/mol. The van der Waals surface area contributed by atoms with Gasteiger partial charge in [-0.25, -0.2) is 13.8 Å². The molecule has 3 N–H and O–H groups in total. The summed E-state index contributed by atoms with van der Waals surface area (Å²) in [5.74, 6) is -2.93. The fourth-order valence-corrected chi connectivity index (χ4v) is 5.83. The summed E-state index contributed by atoms with van der Waals surface area (Å²) < 4.78 is 28.1. The van der Waals surface area contributed by atoms with Crippen LogP contribution in [0, 0.1) is 11.6 Å². The van der Waals surface area contributed by atoms with Crippen LogP contribution in [0.1, 0.15) is 30.5 Å². The van der Waals surface area contributed by atoms with Gasteiger partial charge in [0.15, 0.2) is 5.13 Å². The minimum atomic E-state index is -0.961. The first kappa shape index (κ1) is 26.0. The van der Waals surface area contributed by atoms with Gasteiger partial charge in [0.1, 0.15) is 22.3 Å². The van der Waals surface area contributed by atoms with Crippen LogP contribution in [-0.2, 0) is 6.42 Å². The summed E-state index contributed by atoms with van der Waals surface area (Å²) in [7, 11) is 0. The van der Waals surface area contributed by atoms with Crippen molar-refractivity contribution in [3.63, 3.8) is 0 Å². The number of nitrogens with zero attached hydrogens (tertiary/aromatic N) is 3. The average molecular weight is 554 g/mol. The molecule has 2 aromatic heterocycles. The molecule has 0 saturated carbocycles. The number of hydrogen-bond donors (Lipinski definition) is 2. The number of piperazine rings is 1. The molecular weight excluding hydrogens is 528 g/mol. The number of rotatable bonds is 8. The van der Waals surface area contributed by atoms with Crippen LogP contribution in [0.3, 0.4) is 0 Å². The van der Waals surface area contributed by atoms with Crippen LogP contribution in [0.5, 0.6) is 0 Å². The minimum absolute atomic E-state index is 0.0206. The molecule has 7 nitrogen and oxygen atoms in total. The molecule has 0 bridgehead atoms. The number of carbonyl (C=O) groups is 2. The van der Waals surface area contributed by atoms with Gasteiger partial charge < -0.3 is 16.0 Å². The van der Waals surface area contributed by atoms with Crippen molar-refractivity contribution in [2.45, 2.75) is 6.42 Å². The van der Waals surface area contributed by atoms with Gasteiger partial charge in [0.25, 0.3) is 5.91 Å². The summed E-state index contributed by atoms with van der Waals surface area (Å²) in [5, 5.41) is 5.42. The lowest BCUT2D eigenvalue weighted by Gasteiger charge is -2.34. The highest BCUT2D eigenvalue weighted by Crippen LogP contribution is 2.31. The van der Waals surface area contributed by atoms with Crippen molar-refractivity contribution in [2.24, 2.45) is 0 Å². The van der Waals surface area contributed by atoms with Gasteiger partial charge in [-0.3, -0.25) is 14.5 Å². The van der Waals surface area contributed by atoms with Gasteiger partial charge in [0, 0.05) is 48.9 Å². The van der Waals surface area contributed by atoms with Crippen molar-refractivity contribution < 1.29 is 18.4 Å². The number of amides is 1. The smallest absolute Gasteiger partial charge is 0.253 e. The van der Waals surface area contributed by atoms with Crippen molar-refractivity contribution in [1.82, 2.24) is 14.8 Å². The van der Waals surface area contributed by atoms with Crippen LogP contribution in [0.4, 0.5) is 25.4 Å². The molecule has 0 radical (unpaired) electrons. The summed E-state index contributed by atoms with van der Waals surface area (Å²) >= 11 is 2.67. The molecule has 1 saturated heterocycles. The Kier molecular flexibility index (Phi) is 7.77. The molecular formula is C27H25F2N5O2S2. The number of nitrogens with one attached hydrogen (secondary N) is 1. The normalized spacial score (nSPS) is 14.0. The molecule has 1 aliphatic heterocycles. The number of nitrogens with two attached hydrogens (primary N) is 1. The van der Waals surface area contributed by atoms with Crippen molar-refractivity contribution in [1.29, 1.82) is 0 Å². The number of halogens is 2. The van der Waals surface area contributed by atoms with Crippen LogP contribution in [0.25, 0.3) is 0 Å². The average Bonchev–Trinajstić information content (AvgIpc) is 3.57. The van der Waals surface area contributed by atoms with E-state index < -0.39 is 23.0 Å². The first-order valence-electron chi connectivity index (χ1n) is 12.0. The number of benzene rings is 2. The molecule has 0 unspecified atom stereocenters. The zero-order valence-corrected chi connectivity index (χ0v) is 22.0. The molecule has 3 heterocycles. The number of anilines is 3. The Bertz CT molecular complexity index is 1410. The standard InChI is InChI=1S/C27H25F2N5O2S2/c28-20-4-1-5-21(29)22(20)23(35)24-25(30)32-27(38-24)31-18-8-6-17(7-9-18)26(36)34-14-12-33(13-15-34)11-10-19-3-2-16-37-19/h1-9,16H,10-15,30H2,(H,31,32). The van der Waals surface area contributed by atoms with Crippen molar-refractivity contribution in [2.75, 3.05) is 43.8 Å². The van der Waals surface area contributed by atoms with E-state index >= 15 is 0 Å². The number of carbonyl (C=O) groups excluding carboxylic acids is 2. The summed E-state index contributed by atoms with van der Waals surface area (Å²) in [6.07, 6.45) is 1.03. The maximum Gasteiger partial charge on any atom is 0.253 e. The molecule has 1 aliphatic rings. The van der Waals surface area contributed by atoms with Crippen molar-refractivity contribution in [3.8, 4) is 0 Å². The van der Waals surface area contributed by atoms with Crippen LogP contribution in [0.15, 0.2) is 60.0 Å². The summed E-state index contributed by atoms with van der Waals surface area (Å²) in [6.45, 7) is 4.05. The third-order valence-corrected chi connectivity index (χ3v) is 8.27. The van der Waals surface area contributed by atoms with Gasteiger partial charge in [0.2, 0.25) is 5.78 Å². The Labute approximate surface area is 226 Å². The summed E-state index contributed by atoms with van der Waals surface area (Å²) in [4.78, 5) is 35.4. The Morgan fingerprint density at radius 1 is 0.974 bits per heavy atom. The highest BCUT2D eigenvalue weighted by Gasteiger charge is 2.25. The molecule has 0 aliphatic carbocycles. The molecule has 5 rings (SSSR count). The maximum absolute atomic E-state index is 14.0. The van der Waals surface area contributed by atoms with Gasteiger partial charge in [0.05, 0.1) is 5.56 Å². The quantitative estimate of drug-likeness (QED) is 0.297. The summed E-state index contributed by atoms with van der Waals surface area (Å²) in [6, 6.07) is 14.4. The Morgan fingerprint density at radius 3 is 2.34 bits per heavy atom. The number of thiophene rings is 1. The minimum Gasteiger partial charge on any atom is -0.382 e. The van der Waals surface area contributed by atoms with E-state index in [0.29, 0.717) is 29.5 Å². The van der Waals surface area contributed by atoms with E-state index in [1.807, 2.05) is 4.90 Å². The zero-order chi connectivity index (χ0) is 26.6. The van der Waals surface area contributed by atoms with E-state index in [0.717, 1.165) is 49.5 Å². The number of hydrogen-bond acceptors (Lipinski definition) is 8. The van der Waals surface area contributed by atoms with E-state index in [1.165, 1.54) is 10.9 Å². The fraction of sp³-hybridized carbons (Fsp3) is 0.222. The molecule has 2 aromatic carbocycles. The topological polar surface area (TPSA) is 91.6 Å². The van der Waals surface area contributed by atoms with Gasteiger partial charge in [-0.05, 0) is 54.3 Å². The second kappa shape index (κ2) is 11.4. The van der Waals surface area contributed by atoms with E-state index in [2.05, 4.69) is 32.7 Å². The lowest BCUT2D eigenvalue weighted by atomic mass is 10.1. The van der Waals surface area contributed by atoms with Crippen LogP contribution in [-0.4, -0.2) is 59.2 Å². The lowest BCUT2D eigenvalue weighted by Crippen LogP contribution is -2.49. The van der Waals surface area contributed by atoms with E-state index in [4.69, 9.17) is 5.73 Å². The third kappa shape index (κ3) is 5.74. The number of nitrogen functional groups attached to an aromatic ring is 1. The van der Waals surface area contributed by atoms with Gasteiger partial charge in [-0.15, -0.1) is 11.3 Å². The number of ketones is 1. The fourth-order valence-electron chi connectivity index (χ4n) is 4.28. The van der Waals surface area contributed by atoms with Crippen LogP contribution >= 0.6 is 22.7 Å². The lowest BCUT2D eigenvalue weighted by molar-refractivity contribution is 0.0638. The number of thiazole rings is 1. The molecule has 1 amide bonds. The van der Waals surface area contributed by atoms with E-state index in [1.54, 1.807) is 35.6 Å². The highest BCUT2D eigenvalue weighted by atomic mass is 32.1. The second-order valence-corrected chi connectivity index (χ2v) is 10.9. The van der Waals surface area contributed by atoms with Crippen molar-refractivity contribution in [3.05, 3.63) is 92.5 Å². The Hall–Kier alpha value is -3.67. The van der Waals surface area contributed by atoms with Gasteiger partial charge in [-0.1, -0.05) is 23.5 Å². The summed E-state index contributed by atoms with van der Waals surface area (Å²) in [5.41, 5.74) is 6.41. The maximum atomic E-state index is 14.0. The van der Waals surface area contributed by atoms with Crippen molar-refractivity contribution >= 4 is 51.0 Å². The predicted octanol–water partition coefficient (Wildman–Crippen LogP) is 5.04. The highest BCUT2D eigenvalue weighted by molar-refractivity contribution is 7.18. The van der Waals surface area contributed by atoms with E-state index in [9.17, 15) is 18.4 Å². The monoisotopic (exact) mass is 553 g/mol. The molecule has 0 atom stereocenters. The largest absolute Gasteiger partial charge is 0.382 e. The SMILES string of the molecule is Nc1nc(Nc2ccc(C(=O)N3CCN(CCc4cccs4)CC3)cc2)sc1C(=O)c1c(F)cccc1F. The Morgan fingerprint density at radius 2 is 1.68 bits per heavy atom. The van der Waals surface area contributed by atoms with Crippen LogP contribution < -0.4 is 11.1 Å². The molecule has 196 valence electrons. The first-order chi connectivity index (χ1) is 18.4. The van der Waals surface area contributed by atoms with Gasteiger partial charge in [-0.2, -0.15) is 0 Å². The zero-order valence-electron chi connectivity index (χ0n) is 20.3. The third-order valence-electron chi connectivity index (χ3n) is 6.35. The molecule has 1 fully saturated rings. The number of aromatic nitrogens is 1. The molecule has 4 aromatic rings. The van der Waals surface area contributed by atoms with E-state index in [-0.39, 0.29) is 16.6 Å². The van der Waals surface area contributed by atoms with Crippen LogP contribution in [0.2, 0.25) is 0 Å². The molecule has 0 spiro atoms. The second-order valence-electron chi connectivity index (χ2n) is 8.82. The first-order valence-corrected chi connectivity index (χ1v) is 13.7. The molecule has 38 heavy (non-hydrogen) atoms.